The lowest BCUT2D eigenvalue weighted by Crippen LogP contribution is -2.54. The van der Waals surface area contributed by atoms with Gasteiger partial charge < -0.3 is 10.0 Å². The largest absolute Gasteiger partial charge is 0.391 e. The summed E-state index contributed by atoms with van der Waals surface area (Å²) >= 11 is 0. The molecule has 6 heteroatoms. The first-order chi connectivity index (χ1) is 10.2. The van der Waals surface area contributed by atoms with E-state index in [2.05, 4.69) is 9.80 Å². The smallest absolute Gasteiger partial charge is 0.275 e. The average Bonchev–Trinajstić information content (AvgIpc) is 2.53. The van der Waals surface area contributed by atoms with Crippen LogP contribution in [0.15, 0.2) is 18.2 Å². The van der Waals surface area contributed by atoms with Crippen molar-refractivity contribution in [3.63, 3.8) is 0 Å². The van der Waals surface area contributed by atoms with Gasteiger partial charge >= 0.3 is 0 Å². The standard InChI is InChI=1S/C15H21N3O3/c19-11-12-9-13(4-5-15(12)18(20)21)17-8-7-16-6-2-1-3-14(16)10-17/h4-5,9,14,19H,1-3,6-8,10-11H2. The highest BCUT2D eigenvalue weighted by atomic mass is 16.6. The van der Waals surface area contributed by atoms with Gasteiger partial charge in [0.05, 0.1) is 17.1 Å². The summed E-state index contributed by atoms with van der Waals surface area (Å²) in [6.07, 6.45) is 3.82. The normalized spacial score (nSPS) is 22.9. The van der Waals surface area contributed by atoms with E-state index in [1.165, 1.54) is 31.9 Å². The zero-order chi connectivity index (χ0) is 14.8. The number of hydrogen-bond acceptors (Lipinski definition) is 5. The maximum Gasteiger partial charge on any atom is 0.275 e. The minimum Gasteiger partial charge on any atom is -0.391 e. The molecule has 0 radical (unpaired) electrons. The van der Waals surface area contributed by atoms with E-state index < -0.39 is 4.92 Å². The van der Waals surface area contributed by atoms with Crippen LogP contribution in [0.1, 0.15) is 24.8 Å². The molecule has 0 spiro atoms. The first kappa shape index (κ1) is 14.3. The van der Waals surface area contributed by atoms with Crippen molar-refractivity contribution in [2.45, 2.75) is 31.9 Å². The molecule has 0 bridgehead atoms. The second-order valence-corrected chi connectivity index (χ2v) is 5.86. The van der Waals surface area contributed by atoms with E-state index in [-0.39, 0.29) is 12.3 Å². The van der Waals surface area contributed by atoms with Gasteiger partial charge in [-0.15, -0.1) is 0 Å². The lowest BCUT2D eigenvalue weighted by Gasteiger charge is -2.45. The zero-order valence-electron chi connectivity index (χ0n) is 12.1. The van der Waals surface area contributed by atoms with E-state index in [9.17, 15) is 15.2 Å². The molecule has 0 aliphatic carbocycles. The molecule has 0 saturated carbocycles. The minimum atomic E-state index is -0.436. The molecular formula is C15H21N3O3. The van der Waals surface area contributed by atoms with Crippen LogP contribution in [0.5, 0.6) is 0 Å². The van der Waals surface area contributed by atoms with Gasteiger partial charge in [-0.2, -0.15) is 0 Å². The summed E-state index contributed by atoms with van der Waals surface area (Å²) in [5.74, 6) is 0. The van der Waals surface area contributed by atoms with Crippen LogP contribution in [0.3, 0.4) is 0 Å². The molecule has 2 fully saturated rings. The number of nitrogens with zero attached hydrogens (tertiary/aromatic N) is 3. The van der Waals surface area contributed by atoms with Crippen LogP contribution in [0, 0.1) is 10.1 Å². The monoisotopic (exact) mass is 291 g/mol. The zero-order valence-corrected chi connectivity index (χ0v) is 12.1. The molecule has 3 rings (SSSR count). The summed E-state index contributed by atoms with van der Waals surface area (Å²) < 4.78 is 0. The predicted molar refractivity (Wildman–Crippen MR) is 80.4 cm³/mol. The molecule has 1 atom stereocenters. The third kappa shape index (κ3) is 2.87. The summed E-state index contributed by atoms with van der Waals surface area (Å²) in [7, 11) is 0. The first-order valence-electron chi connectivity index (χ1n) is 7.56. The van der Waals surface area contributed by atoms with Crippen LogP contribution >= 0.6 is 0 Å². The number of nitro groups is 1. The Morgan fingerprint density at radius 1 is 1.29 bits per heavy atom. The van der Waals surface area contributed by atoms with E-state index in [1.54, 1.807) is 12.1 Å². The van der Waals surface area contributed by atoms with E-state index >= 15 is 0 Å². The van der Waals surface area contributed by atoms with Crippen LogP contribution in [0.4, 0.5) is 11.4 Å². The number of aliphatic hydroxyl groups excluding tert-OH is 1. The molecule has 21 heavy (non-hydrogen) atoms. The number of benzene rings is 1. The molecule has 2 aliphatic heterocycles. The molecule has 6 nitrogen and oxygen atoms in total. The van der Waals surface area contributed by atoms with Crippen molar-refractivity contribution >= 4 is 11.4 Å². The minimum absolute atomic E-state index is 0.00227. The Morgan fingerprint density at radius 2 is 2.14 bits per heavy atom. The fraction of sp³-hybridized carbons (Fsp3) is 0.600. The number of fused-ring (bicyclic) bond motifs is 1. The van der Waals surface area contributed by atoms with Crippen molar-refractivity contribution in [2.24, 2.45) is 0 Å². The predicted octanol–water partition coefficient (Wildman–Crippen LogP) is 1.76. The van der Waals surface area contributed by atoms with Crippen LogP contribution in [-0.2, 0) is 6.61 Å². The summed E-state index contributed by atoms with van der Waals surface area (Å²) in [4.78, 5) is 15.3. The van der Waals surface area contributed by atoms with Crippen molar-refractivity contribution in [1.29, 1.82) is 0 Å². The third-order valence-electron chi connectivity index (χ3n) is 4.63. The molecule has 114 valence electrons. The first-order valence-corrected chi connectivity index (χ1v) is 7.56. The highest BCUT2D eigenvalue weighted by molar-refractivity contribution is 5.56. The number of hydrogen-bond donors (Lipinski definition) is 1. The lowest BCUT2D eigenvalue weighted by atomic mass is 9.99. The molecule has 1 aromatic rings. The topological polar surface area (TPSA) is 69.9 Å². The molecular weight excluding hydrogens is 270 g/mol. The average molecular weight is 291 g/mol. The van der Waals surface area contributed by atoms with Crippen molar-refractivity contribution < 1.29 is 10.0 Å². The maximum absolute atomic E-state index is 10.9. The van der Waals surface area contributed by atoms with Gasteiger partial charge in [-0.3, -0.25) is 15.0 Å². The SMILES string of the molecule is O=[N+]([O-])c1ccc(N2CCN3CCCCC3C2)cc1CO. The number of nitro benzene ring substituents is 1. The molecule has 1 unspecified atom stereocenters. The van der Waals surface area contributed by atoms with Gasteiger partial charge in [0.25, 0.3) is 5.69 Å². The van der Waals surface area contributed by atoms with Crippen LogP contribution in [0.2, 0.25) is 0 Å². The van der Waals surface area contributed by atoms with Crippen molar-refractivity contribution in [3.05, 3.63) is 33.9 Å². The van der Waals surface area contributed by atoms with Crippen molar-refractivity contribution in [2.75, 3.05) is 31.1 Å². The second-order valence-electron chi connectivity index (χ2n) is 5.86. The Kier molecular flexibility index (Phi) is 4.07. The second kappa shape index (κ2) is 5.99. The molecule has 0 amide bonds. The molecule has 1 N–H and O–H groups in total. The van der Waals surface area contributed by atoms with Gasteiger partial charge in [0, 0.05) is 37.4 Å². The molecule has 0 aromatic heterocycles. The molecule has 2 aliphatic rings. The number of piperazine rings is 1. The van der Waals surface area contributed by atoms with E-state index in [0.29, 0.717) is 11.6 Å². The van der Waals surface area contributed by atoms with Gasteiger partial charge in [-0.25, -0.2) is 0 Å². The van der Waals surface area contributed by atoms with Crippen molar-refractivity contribution in [3.8, 4) is 0 Å². The third-order valence-corrected chi connectivity index (χ3v) is 4.63. The molecule has 2 heterocycles. The van der Waals surface area contributed by atoms with Crippen molar-refractivity contribution in [1.82, 2.24) is 4.90 Å². The summed E-state index contributed by atoms with van der Waals surface area (Å²) in [5.41, 5.74) is 1.37. The van der Waals surface area contributed by atoms with Gasteiger partial charge in [-0.05, 0) is 31.5 Å². The van der Waals surface area contributed by atoms with E-state index in [1.807, 2.05) is 0 Å². The Balaban J connectivity index is 1.79. The van der Waals surface area contributed by atoms with Crippen LogP contribution in [-0.4, -0.2) is 47.2 Å². The molecule has 2 saturated heterocycles. The number of piperidine rings is 1. The van der Waals surface area contributed by atoms with Gasteiger partial charge in [0.2, 0.25) is 0 Å². The number of anilines is 1. The van der Waals surface area contributed by atoms with Gasteiger partial charge in [-0.1, -0.05) is 6.42 Å². The van der Waals surface area contributed by atoms with E-state index in [0.717, 1.165) is 25.3 Å². The maximum atomic E-state index is 10.9. The number of aliphatic hydroxyl groups is 1. The quantitative estimate of drug-likeness (QED) is 0.679. The molecule has 1 aromatic carbocycles. The Labute approximate surface area is 124 Å². The number of rotatable bonds is 3. The van der Waals surface area contributed by atoms with Gasteiger partial charge in [0.15, 0.2) is 0 Å². The lowest BCUT2D eigenvalue weighted by molar-refractivity contribution is -0.385. The highest BCUT2D eigenvalue weighted by Gasteiger charge is 2.29. The fourth-order valence-electron chi connectivity index (χ4n) is 3.46. The fourth-order valence-corrected chi connectivity index (χ4v) is 3.46. The van der Waals surface area contributed by atoms with Gasteiger partial charge in [0.1, 0.15) is 0 Å². The summed E-state index contributed by atoms with van der Waals surface area (Å²) in [6, 6.07) is 5.67. The Bertz CT molecular complexity index is 535. The Morgan fingerprint density at radius 3 is 2.90 bits per heavy atom. The highest BCUT2D eigenvalue weighted by Crippen LogP contribution is 2.28. The Hall–Kier alpha value is -1.66. The van der Waals surface area contributed by atoms with Crippen LogP contribution < -0.4 is 4.90 Å². The summed E-state index contributed by atoms with van der Waals surface area (Å²) in [6.45, 7) is 3.87. The summed E-state index contributed by atoms with van der Waals surface area (Å²) in [5, 5.41) is 20.3. The van der Waals surface area contributed by atoms with E-state index in [4.69, 9.17) is 0 Å². The van der Waals surface area contributed by atoms with Crippen LogP contribution in [0.25, 0.3) is 0 Å².